The van der Waals surface area contributed by atoms with Gasteiger partial charge in [-0.1, -0.05) is 109 Å². The Morgan fingerprint density at radius 1 is 0.375 bits per heavy atom. The number of anilines is 2. The Bertz CT molecular complexity index is 1950. The summed E-state index contributed by atoms with van der Waals surface area (Å²) < 4.78 is 4.73. The summed E-state index contributed by atoms with van der Waals surface area (Å²) in [6, 6.07) is 50.8. The molecular weight excluding hydrogens is 585 g/mol. The number of para-hydroxylation sites is 6. The van der Waals surface area contributed by atoms with Crippen molar-refractivity contribution < 1.29 is 0 Å². The molecule has 0 amide bonds. The van der Waals surface area contributed by atoms with E-state index in [1.807, 2.05) is 38.4 Å². The van der Waals surface area contributed by atoms with Crippen LogP contribution >= 0.6 is 0 Å². The Balaban J connectivity index is 0.000000129. The number of nitrogens with one attached hydrogen (secondary N) is 2. The van der Waals surface area contributed by atoms with Crippen molar-refractivity contribution in [2.24, 2.45) is 0 Å². The maximum atomic E-state index is 3.10. The third-order valence-electron chi connectivity index (χ3n) is 8.82. The number of aryl methyl sites for hydroxylation is 4. The molecule has 0 unspecified atom stereocenters. The number of fused-ring (bicyclic) bond motifs is 6. The van der Waals surface area contributed by atoms with Gasteiger partial charge in [-0.05, 0) is 75.2 Å². The van der Waals surface area contributed by atoms with Gasteiger partial charge in [0.1, 0.15) is 0 Å². The predicted molar refractivity (Wildman–Crippen MR) is 212 cm³/mol. The molecule has 0 fully saturated rings. The van der Waals surface area contributed by atoms with E-state index in [0.29, 0.717) is 0 Å². The summed E-state index contributed by atoms with van der Waals surface area (Å²) in [4.78, 5) is 0. The van der Waals surface area contributed by atoms with Crippen LogP contribution < -0.4 is 10.6 Å². The summed E-state index contributed by atoms with van der Waals surface area (Å²) in [6.45, 7) is 10.6. The van der Waals surface area contributed by atoms with Gasteiger partial charge in [0.05, 0.1) is 0 Å². The Morgan fingerprint density at radius 2 is 0.625 bits per heavy atom. The molecule has 0 atom stereocenters. The van der Waals surface area contributed by atoms with Gasteiger partial charge in [-0.2, -0.15) is 0 Å². The van der Waals surface area contributed by atoms with Crippen molar-refractivity contribution in [1.29, 1.82) is 0 Å². The van der Waals surface area contributed by atoms with Crippen LogP contribution in [0, 0.1) is 13.8 Å². The second-order valence-electron chi connectivity index (χ2n) is 11.7. The van der Waals surface area contributed by atoms with Gasteiger partial charge in [0, 0.05) is 82.2 Å². The quantitative estimate of drug-likeness (QED) is 0.202. The molecular formula is C44H48N4. The third kappa shape index (κ3) is 7.39. The Kier molecular flexibility index (Phi) is 11.6. The van der Waals surface area contributed by atoms with Crippen LogP contribution in [0.25, 0.3) is 43.6 Å². The first kappa shape index (κ1) is 33.9. The van der Waals surface area contributed by atoms with Crippen LogP contribution in [0.5, 0.6) is 0 Å². The van der Waals surface area contributed by atoms with Gasteiger partial charge in [0.25, 0.3) is 0 Å². The zero-order valence-electron chi connectivity index (χ0n) is 29.2. The predicted octanol–water partition coefficient (Wildman–Crippen LogP) is 11.7. The van der Waals surface area contributed by atoms with Crippen molar-refractivity contribution in [3.63, 3.8) is 0 Å². The summed E-state index contributed by atoms with van der Waals surface area (Å²) in [5.41, 5.74) is 10.3. The molecule has 8 rings (SSSR count). The fraction of sp³-hybridized carbons (Fsp3) is 0.182. The summed E-state index contributed by atoms with van der Waals surface area (Å²) >= 11 is 0. The minimum absolute atomic E-state index is 1.02. The topological polar surface area (TPSA) is 33.9 Å². The van der Waals surface area contributed by atoms with E-state index in [-0.39, 0.29) is 0 Å². The lowest BCUT2D eigenvalue weighted by atomic mass is 10.2. The van der Waals surface area contributed by atoms with Gasteiger partial charge in [0.2, 0.25) is 0 Å². The number of hydrogen-bond donors (Lipinski definition) is 2. The number of aromatic nitrogens is 2. The molecule has 0 spiro atoms. The van der Waals surface area contributed by atoms with E-state index in [9.17, 15) is 0 Å². The first-order chi connectivity index (χ1) is 23.5. The number of benzene rings is 6. The monoisotopic (exact) mass is 632 g/mol. The van der Waals surface area contributed by atoms with Crippen LogP contribution in [-0.4, -0.2) is 23.2 Å². The fourth-order valence-electron chi connectivity index (χ4n) is 6.39. The molecule has 0 aliphatic heterocycles. The van der Waals surface area contributed by atoms with E-state index in [1.165, 1.54) is 66.1 Å². The molecule has 0 radical (unpaired) electrons. The molecule has 244 valence electrons. The van der Waals surface area contributed by atoms with Gasteiger partial charge in [0.15, 0.2) is 0 Å². The van der Waals surface area contributed by atoms with Crippen LogP contribution in [0.15, 0.2) is 146 Å². The lowest BCUT2D eigenvalue weighted by molar-refractivity contribution is 0.827. The first-order valence-corrected chi connectivity index (χ1v) is 16.9. The minimum Gasteiger partial charge on any atom is -0.388 e. The molecule has 0 saturated heterocycles. The minimum atomic E-state index is 1.02. The van der Waals surface area contributed by atoms with Crippen molar-refractivity contribution in [1.82, 2.24) is 9.13 Å². The lowest BCUT2D eigenvalue weighted by Crippen LogP contribution is -1.91. The normalized spacial score (nSPS) is 10.5. The highest BCUT2D eigenvalue weighted by molar-refractivity contribution is 6.08. The molecule has 4 nitrogen and oxygen atoms in total. The Labute approximate surface area is 285 Å². The summed E-state index contributed by atoms with van der Waals surface area (Å²) in [5, 5.41) is 11.6. The lowest BCUT2D eigenvalue weighted by Gasteiger charge is -2.01. The number of nitrogens with zero attached hydrogens (tertiary/aromatic N) is 2. The van der Waals surface area contributed by atoms with E-state index in [0.717, 1.165) is 13.1 Å². The van der Waals surface area contributed by atoms with Crippen LogP contribution in [0.4, 0.5) is 11.4 Å². The molecule has 2 aromatic heterocycles. The average molecular weight is 633 g/mol. The highest BCUT2D eigenvalue weighted by Crippen LogP contribution is 2.29. The highest BCUT2D eigenvalue weighted by atomic mass is 15.0. The van der Waals surface area contributed by atoms with Crippen molar-refractivity contribution in [2.75, 3.05) is 24.7 Å². The Hall–Kier alpha value is -5.48. The summed E-state index contributed by atoms with van der Waals surface area (Å²) in [5.74, 6) is 0. The largest absolute Gasteiger partial charge is 0.388 e. The molecule has 48 heavy (non-hydrogen) atoms. The number of hydrogen-bond acceptors (Lipinski definition) is 2. The van der Waals surface area contributed by atoms with E-state index < -0.39 is 0 Å². The van der Waals surface area contributed by atoms with Crippen molar-refractivity contribution in [3.05, 3.63) is 157 Å². The standard InChI is InChI=1S/2C14H13N.2C8H11N/c2*1-2-15-13-9-5-3-7-11(13)12-8-4-6-10-14(12)15;2*1-7-5-3-4-6-8(7)9-2/h2*3-10H,2H2,1H3;2*3-6,9H,1-2H3. The van der Waals surface area contributed by atoms with Crippen molar-refractivity contribution in [2.45, 2.75) is 40.8 Å². The maximum absolute atomic E-state index is 3.10. The van der Waals surface area contributed by atoms with Crippen molar-refractivity contribution >= 4 is 55.0 Å². The molecule has 6 aromatic carbocycles. The molecule has 0 aliphatic rings. The van der Waals surface area contributed by atoms with Crippen LogP contribution in [-0.2, 0) is 13.1 Å². The zero-order chi connectivity index (χ0) is 33.9. The van der Waals surface area contributed by atoms with Gasteiger partial charge in [-0.25, -0.2) is 0 Å². The number of rotatable bonds is 4. The highest BCUT2D eigenvalue weighted by Gasteiger charge is 2.08. The van der Waals surface area contributed by atoms with E-state index in [2.05, 4.69) is 169 Å². The molecule has 0 aliphatic carbocycles. The van der Waals surface area contributed by atoms with Crippen LogP contribution in [0.3, 0.4) is 0 Å². The van der Waals surface area contributed by atoms with Gasteiger partial charge in [-0.3, -0.25) is 0 Å². The molecule has 0 saturated carbocycles. The summed E-state index contributed by atoms with van der Waals surface area (Å²) in [6.07, 6.45) is 0. The average Bonchev–Trinajstić information content (AvgIpc) is 3.65. The summed E-state index contributed by atoms with van der Waals surface area (Å²) in [7, 11) is 3.87. The first-order valence-electron chi connectivity index (χ1n) is 16.9. The fourth-order valence-corrected chi connectivity index (χ4v) is 6.39. The second-order valence-corrected chi connectivity index (χ2v) is 11.7. The maximum Gasteiger partial charge on any atom is 0.0491 e. The van der Waals surface area contributed by atoms with Crippen molar-refractivity contribution in [3.8, 4) is 0 Å². The van der Waals surface area contributed by atoms with Gasteiger partial charge >= 0.3 is 0 Å². The zero-order valence-corrected chi connectivity index (χ0v) is 29.2. The van der Waals surface area contributed by atoms with Gasteiger partial charge in [-0.15, -0.1) is 0 Å². The van der Waals surface area contributed by atoms with Crippen LogP contribution in [0.1, 0.15) is 25.0 Å². The molecule has 2 N–H and O–H groups in total. The molecule has 2 heterocycles. The van der Waals surface area contributed by atoms with Crippen LogP contribution in [0.2, 0.25) is 0 Å². The Morgan fingerprint density at radius 3 is 0.854 bits per heavy atom. The second kappa shape index (κ2) is 16.4. The van der Waals surface area contributed by atoms with E-state index >= 15 is 0 Å². The van der Waals surface area contributed by atoms with E-state index in [4.69, 9.17) is 0 Å². The smallest absolute Gasteiger partial charge is 0.0491 e. The SMILES string of the molecule is CCn1c2ccccc2c2ccccc21.CCn1c2ccccc2c2ccccc21.CNc1ccccc1C.CNc1ccccc1C. The molecule has 0 bridgehead atoms. The molecule has 4 heteroatoms. The third-order valence-corrected chi connectivity index (χ3v) is 8.82. The van der Waals surface area contributed by atoms with E-state index in [1.54, 1.807) is 0 Å². The van der Waals surface area contributed by atoms with Gasteiger partial charge < -0.3 is 19.8 Å². The molecule has 8 aromatic rings.